The highest BCUT2D eigenvalue weighted by atomic mass is 16.4. The molecule has 0 heterocycles. The maximum Gasteiger partial charge on any atom is 0.336 e. The number of anilines is 1. The fourth-order valence-electron chi connectivity index (χ4n) is 2.15. The lowest BCUT2D eigenvalue weighted by Crippen LogP contribution is -2.25. The molecule has 0 aromatic heterocycles. The number of nitrogens with zero attached hydrogens (tertiary/aromatic N) is 1. The SMILES string of the molecule is CCCN(CCC)c1cc(C)c(C)c(C(=O)O)c1. The highest BCUT2D eigenvalue weighted by Crippen LogP contribution is 2.23. The summed E-state index contributed by atoms with van der Waals surface area (Å²) < 4.78 is 0. The van der Waals surface area contributed by atoms with Crippen molar-refractivity contribution in [1.29, 1.82) is 0 Å². The van der Waals surface area contributed by atoms with Gasteiger partial charge < -0.3 is 10.0 Å². The third-order valence-corrected chi connectivity index (χ3v) is 3.23. The van der Waals surface area contributed by atoms with Crippen molar-refractivity contribution in [3.63, 3.8) is 0 Å². The molecule has 1 aromatic rings. The number of hydrogen-bond donors (Lipinski definition) is 1. The monoisotopic (exact) mass is 249 g/mol. The fourth-order valence-corrected chi connectivity index (χ4v) is 2.15. The summed E-state index contributed by atoms with van der Waals surface area (Å²) in [5.74, 6) is -0.842. The van der Waals surface area contributed by atoms with Crippen molar-refractivity contribution in [3.8, 4) is 0 Å². The van der Waals surface area contributed by atoms with Crippen molar-refractivity contribution in [2.75, 3.05) is 18.0 Å². The molecule has 0 fully saturated rings. The normalized spacial score (nSPS) is 10.4. The summed E-state index contributed by atoms with van der Waals surface area (Å²) in [5, 5.41) is 9.24. The van der Waals surface area contributed by atoms with E-state index in [1.807, 2.05) is 13.8 Å². The summed E-state index contributed by atoms with van der Waals surface area (Å²) in [6.07, 6.45) is 2.13. The van der Waals surface area contributed by atoms with Crippen LogP contribution in [-0.2, 0) is 0 Å². The van der Waals surface area contributed by atoms with Gasteiger partial charge in [0.25, 0.3) is 0 Å². The Hall–Kier alpha value is -1.51. The van der Waals surface area contributed by atoms with Crippen LogP contribution in [0.15, 0.2) is 12.1 Å². The van der Waals surface area contributed by atoms with Gasteiger partial charge in [0, 0.05) is 18.8 Å². The zero-order valence-electron chi connectivity index (χ0n) is 11.8. The van der Waals surface area contributed by atoms with Crippen molar-refractivity contribution in [3.05, 3.63) is 28.8 Å². The maximum absolute atomic E-state index is 11.2. The second-order valence-corrected chi connectivity index (χ2v) is 4.73. The van der Waals surface area contributed by atoms with Crippen molar-refractivity contribution in [2.24, 2.45) is 0 Å². The van der Waals surface area contributed by atoms with Crippen LogP contribution < -0.4 is 4.90 Å². The Balaban J connectivity index is 3.18. The van der Waals surface area contributed by atoms with E-state index >= 15 is 0 Å². The molecule has 0 atom stereocenters. The second kappa shape index (κ2) is 6.43. The number of aromatic carboxylic acids is 1. The Bertz CT molecular complexity index is 421. The summed E-state index contributed by atoms with van der Waals surface area (Å²) in [6.45, 7) is 10.1. The van der Waals surface area contributed by atoms with E-state index in [0.29, 0.717) is 5.56 Å². The molecule has 0 radical (unpaired) electrons. The minimum absolute atomic E-state index is 0.419. The van der Waals surface area contributed by atoms with Gasteiger partial charge in [0.05, 0.1) is 5.56 Å². The first-order valence-electron chi connectivity index (χ1n) is 6.60. The van der Waals surface area contributed by atoms with Crippen LogP contribution in [0.5, 0.6) is 0 Å². The van der Waals surface area contributed by atoms with Gasteiger partial charge in [0.15, 0.2) is 0 Å². The first-order valence-corrected chi connectivity index (χ1v) is 6.60. The van der Waals surface area contributed by atoms with Gasteiger partial charge in [-0.2, -0.15) is 0 Å². The minimum Gasteiger partial charge on any atom is -0.478 e. The van der Waals surface area contributed by atoms with E-state index in [1.165, 1.54) is 0 Å². The topological polar surface area (TPSA) is 40.5 Å². The van der Waals surface area contributed by atoms with Crippen LogP contribution in [0.1, 0.15) is 48.2 Å². The maximum atomic E-state index is 11.2. The van der Waals surface area contributed by atoms with Gasteiger partial charge in [-0.3, -0.25) is 0 Å². The molecule has 1 aromatic carbocycles. The first-order chi connectivity index (χ1) is 8.51. The van der Waals surface area contributed by atoms with Gasteiger partial charge in [-0.1, -0.05) is 13.8 Å². The number of carbonyl (C=O) groups is 1. The van der Waals surface area contributed by atoms with E-state index in [2.05, 4.69) is 24.8 Å². The van der Waals surface area contributed by atoms with Gasteiger partial charge in [-0.05, 0) is 49.9 Å². The first kappa shape index (κ1) is 14.6. The summed E-state index contributed by atoms with van der Waals surface area (Å²) >= 11 is 0. The molecule has 0 spiro atoms. The molecule has 1 rings (SSSR count). The highest BCUT2D eigenvalue weighted by Gasteiger charge is 2.13. The zero-order valence-corrected chi connectivity index (χ0v) is 11.8. The lowest BCUT2D eigenvalue weighted by atomic mass is 10.0. The molecule has 3 heteroatoms. The smallest absolute Gasteiger partial charge is 0.336 e. The third-order valence-electron chi connectivity index (χ3n) is 3.23. The predicted octanol–water partition coefficient (Wildman–Crippen LogP) is 3.63. The summed E-state index contributed by atoms with van der Waals surface area (Å²) in [5.41, 5.74) is 3.35. The quantitative estimate of drug-likeness (QED) is 0.837. The number of carboxylic acid groups (broad SMARTS) is 1. The standard InChI is InChI=1S/C15H23NO2/c1-5-7-16(8-6-2)13-9-11(3)12(4)14(10-13)15(17)18/h9-10H,5-8H2,1-4H3,(H,17,18). The van der Waals surface area contributed by atoms with Crippen molar-refractivity contribution in [2.45, 2.75) is 40.5 Å². The van der Waals surface area contributed by atoms with E-state index < -0.39 is 5.97 Å². The number of benzene rings is 1. The van der Waals surface area contributed by atoms with Gasteiger partial charge >= 0.3 is 5.97 Å². The largest absolute Gasteiger partial charge is 0.478 e. The fraction of sp³-hybridized carbons (Fsp3) is 0.533. The van der Waals surface area contributed by atoms with Crippen LogP contribution in [-0.4, -0.2) is 24.2 Å². The van der Waals surface area contributed by atoms with Crippen molar-refractivity contribution >= 4 is 11.7 Å². The molecule has 0 aliphatic rings. The molecule has 0 unspecified atom stereocenters. The summed E-state index contributed by atoms with van der Waals surface area (Å²) in [6, 6.07) is 3.89. The zero-order chi connectivity index (χ0) is 13.7. The second-order valence-electron chi connectivity index (χ2n) is 4.73. The molecule has 1 N–H and O–H groups in total. The predicted molar refractivity (Wildman–Crippen MR) is 75.7 cm³/mol. The summed E-state index contributed by atoms with van der Waals surface area (Å²) in [7, 11) is 0. The van der Waals surface area contributed by atoms with Crippen molar-refractivity contribution in [1.82, 2.24) is 0 Å². The molecule has 0 saturated heterocycles. The Morgan fingerprint density at radius 1 is 1.17 bits per heavy atom. The van der Waals surface area contributed by atoms with Crippen LogP contribution in [0.25, 0.3) is 0 Å². The van der Waals surface area contributed by atoms with Crippen molar-refractivity contribution < 1.29 is 9.90 Å². The van der Waals surface area contributed by atoms with E-state index in [9.17, 15) is 9.90 Å². The molecule has 0 aliphatic carbocycles. The molecule has 0 saturated carbocycles. The Kier molecular flexibility index (Phi) is 5.20. The van der Waals surface area contributed by atoms with E-state index in [1.54, 1.807) is 6.07 Å². The van der Waals surface area contributed by atoms with E-state index in [0.717, 1.165) is 42.7 Å². The molecule has 18 heavy (non-hydrogen) atoms. The molecule has 0 aliphatic heterocycles. The average Bonchev–Trinajstić information content (AvgIpc) is 2.32. The Morgan fingerprint density at radius 3 is 2.17 bits per heavy atom. The van der Waals surface area contributed by atoms with Crippen LogP contribution in [0.4, 0.5) is 5.69 Å². The lowest BCUT2D eigenvalue weighted by Gasteiger charge is -2.25. The van der Waals surface area contributed by atoms with Crippen LogP contribution >= 0.6 is 0 Å². The van der Waals surface area contributed by atoms with Gasteiger partial charge in [0.2, 0.25) is 0 Å². The lowest BCUT2D eigenvalue weighted by molar-refractivity contribution is 0.0696. The van der Waals surface area contributed by atoms with Crippen LogP contribution in [0.3, 0.4) is 0 Å². The van der Waals surface area contributed by atoms with Gasteiger partial charge in [-0.25, -0.2) is 4.79 Å². The Morgan fingerprint density at radius 2 is 1.72 bits per heavy atom. The molecule has 0 amide bonds. The van der Waals surface area contributed by atoms with Gasteiger partial charge in [0.1, 0.15) is 0 Å². The van der Waals surface area contributed by atoms with Crippen LogP contribution in [0, 0.1) is 13.8 Å². The third kappa shape index (κ3) is 3.25. The molecular formula is C15H23NO2. The minimum atomic E-state index is -0.842. The summed E-state index contributed by atoms with van der Waals surface area (Å²) in [4.78, 5) is 13.5. The highest BCUT2D eigenvalue weighted by molar-refractivity contribution is 5.91. The number of rotatable bonds is 6. The average molecular weight is 249 g/mol. The number of aryl methyl sites for hydroxylation is 1. The Labute approximate surface area is 109 Å². The molecule has 0 bridgehead atoms. The van der Waals surface area contributed by atoms with E-state index in [-0.39, 0.29) is 0 Å². The van der Waals surface area contributed by atoms with Crippen LogP contribution in [0.2, 0.25) is 0 Å². The molecular weight excluding hydrogens is 226 g/mol. The molecule has 100 valence electrons. The number of carboxylic acids is 1. The molecule has 3 nitrogen and oxygen atoms in total. The van der Waals surface area contributed by atoms with E-state index in [4.69, 9.17) is 0 Å². The van der Waals surface area contributed by atoms with Gasteiger partial charge in [-0.15, -0.1) is 0 Å². The number of hydrogen-bond acceptors (Lipinski definition) is 2.